The first kappa shape index (κ1) is 14.3. The third kappa shape index (κ3) is 3.32. The Labute approximate surface area is 134 Å². The minimum atomic E-state index is 0.466. The Morgan fingerprint density at radius 2 is 1.95 bits per heavy atom. The van der Waals surface area contributed by atoms with Crippen LogP contribution in [0.4, 0.5) is 11.4 Å². The predicted molar refractivity (Wildman–Crippen MR) is 91.4 cm³/mol. The zero-order chi connectivity index (χ0) is 14.7. The summed E-state index contributed by atoms with van der Waals surface area (Å²) in [7, 11) is 0. The minimum Gasteiger partial charge on any atom is -0.492 e. The van der Waals surface area contributed by atoms with Crippen molar-refractivity contribution < 1.29 is 4.74 Å². The van der Waals surface area contributed by atoms with E-state index in [1.54, 1.807) is 0 Å². The summed E-state index contributed by atoms with van der Waals surface area (Å²) >= 11 is 3.43. The van der Waals surface area contributed by atoms with Crippen LogP contribution in [-0.2, 0) is 0 Å². The quantitative estimate of drug-likeness (QED) is 0.899. The van der Waals surface area contributed by atoms with E-state index >= 15 is 0 Å². The van der Waals surface area contributed by atoms with Crippen molar-refractivity contribution in [2.24, 2.45) is 0 Å². The van der Waals surface area contributed by atoms with Crippen LogP contribution in [0.25, 0.3) is 0 Å². The second kappa shape index (κ2) is 6.39. The molecule has 1 aliphatic heterocycles. The van der Waals surface area contributed by atoms with E-state index in [4.69, 9.17) is 4.74 Å². The molecule has 1 aliphatic rings. The second-order valence-corrected chi connectivity index (χ2v) is 6.16. The highest BCUT2D eigenvalue weighted by molar-refractivity contribution is 9.10. The standard InChI is InChI=1S/C17H19BrN2O/c1-13-12-19-16-4-2-3-5-17(16)20(13)10-11-21-15-8-6-14(18)7-9-15/h2-9,13,19H,10-12H2,1H3. The van der Waals surface area contributed by atoms with Crippen molar-refractivity contribution in [3.05, 3.63) is 53.0 Å². The van der Waals surface area contributed by atoms with Gasteiger partial charge in [-0.3, -0.25) is 0 Å². The molecule has 3 rings (SSSR count). The maximum absolute atomic E-state index is 5.84. The molecule has 0 spiro atoms. The number of anilines is 2. The van der Waals surface area contributed by atoms with E-state index in [1.165, 1.54) is 11.4 Å². The monoisotopic (exact) mass is 346 g/mol. The van der Waals surface area contributed by atoms with Crippen molar-refractivity contribution in [1.82, 2.24) is 0 Å². The molecule has 3 nitrogen and oxygen atoms in total. The molecule has 21 heavy (non-hydrogen) atoms. The Hall–Kier alpha value is -1.68. The summed E-state index contributed by atoms with van der Waals surface area (Å²) in [6.45, 7) is 4.77. The van der Waals surface area contributed by atoms with Gasteiger partial charge >= 0.3 is 0 Å². The van der Waals surface area contributed by atoms with Gasteiger partial charge in [0.1, 0.15) is 12.4 Å². The van der Waals surface area contributed by atoms with Gasteiger partial charge in [-0.25, -0.2) is 0 Å². The largest absolute Gasteiger partial charge is 0.492 e. The Morgan fingerprint density at radius 3 is 2.76 bits per heavy atom. The number of rotatable bonds is 4. The summed E-state index contributed by atoms with van der Waals surface area (Å²) in [5, 5.41) is 3.47. The van der Waals surface area contributed by atoms with Crippen LogP contribution in [0.15, 0.2) is 53.0 Å². The number of ether oxygens (including phenoxy) is 1. The van der Waals surface area contributed by atoms with Crippen molar-refractivity contribution in [3.8, 4) is 5.75 Å². The van der Waals surface area contributed by atoms with Gasteiger partial charge in [-0.1, -0.05) is 28.1 Å². The van der Waals surface area contributed by atoms with Crippen LogP contribution in [0.5, 0.6) is 5.75 Å². The Morgan fingerprint density at radius 1 is 1.19 bits per heavy atom. The number of hydrogen-bond donors (Lipinski definition) is 1. The van der Waals surface area contributed by atoms with Crippen molar-refractivity contribution in [1.29, 1.82) is 0 Å². The lowest BCUT2D eigenvalue weighted by atomic mass is 10.1. The molecule has 0 aliphatic carbocycles. The van der Waals surface area contributed by atoms with E-state index in [1.807, 2.05) is 24.3 Å². The SMILES string of the molecule is CC1CNc2ccccc2N1CCOc1ccc(Br)cc1. The molecular weight excluding hydrogens is 328 g/mol. The smallest absolute Gasteiger partial charge is 0.119 e. The lowest BCUT2D eigenvalue weighted by Crippen LogP contribution is -2.44. The van der Waals surface area contributed by atoms with Gasteiger partial charge in [-0.05, 0) is 43.3 Å². The zero-order valence-electron chi connectivity index (χ0n) is 12.1. The molecule has 0 saturated heterocycles. The first-order valence-corrected chi connectivity index (χ1v) is 8.01. The van der Waals surface area contributed by atoms with Gasteiger partial charge in [-0.15, -0.1) is 0 Å². The Bertz CT molecular complexity index is 600. The van der Waals surface area contributed by atoms with E-state index in [2.05, 4.69) is 57.3 Å². The van der Waals surface area contributed by atoms with Crippen LogP contribution < -0.4 is 15.0 Å². The molecule has 0 fully saturated rings. The van der Waals surface area contributed by atoms with E-state index < -0.39 is 0 Å². The van der Waals surface area contributed by atoms with Crippen LogP contribution in [0.1, 0.15) is 6.92 Å². The molecule has 0 bridgehead atoms. The summed E-state index contributed by atoms with van der Waals surface area (Å²) in [5.74, 6) is 0.911. The lowest BCUT2D eigenvalue weighted by molar-refractivity contribution is 0.319. The highest BCUT2D eigenvalue weighted by Crippen LogP contribution is 2.30. The van der Waals surface area contributed by atoms with Crippen molar-refractivity contribution in [2.45, 2.75) is 13.0 Å². The molecule has 1 atom stereocenters. The molecule has 0 saturated carbocycles. The van der Waals surface area contributed by atoms with E-state index in [-0.39, 0.29) is 0 Å². The van der Waals surface area contributed by atoms with Gasteiger partial charge in [0, 0.05) is 17.1 Å². The molecule has 1 N–H and O–H groups in total. The number of hydrogen-bond acceptors (Lipinski definition) is 3. The number of nitrogens with zero attached hydrogens (tertiary/aromatic N) is 1. The second-order valence-electron chi connectivity index (χ2n) is 5.24. The van der Waals surface area contributed by atoms with E-state index in [0.717, 1.165) is 23.3 Å². The fourth-order valence-corrected chi connectivity index (χ4v) is 2.88. The Kier molecular flexibility index (Phi) is 4.34. The molecule has 0 radical (unpaired) electrons. The highest BCUT2D eigenvalue weighted by atomic mass is 79.9. The number of fused-ring (bicyclic) bond motifs is 1. The summed E-state index contributed by atoms with van der Waals surface area (Å²) in [6, 6.07) is 16.9. The minimum absolute atomic E-state index is 0.466. The average molecular weight is 347 g/mol. The summed E-state index contributed by atoms with van der Waals surface area (Å²) in [5.41, 5.74) is 2.47. The van der Waals surface area contributed by atoms with Crippen molar-refractivity contribution in [3.63, 3.8) is 0 Å². The molecule has 1 heterocycles. The van der Waals surface area contributed by atoms with Gasteiger partial charge in [0.2, 0.25) is 0 Å². The van der Waals surface area contributed by atoms with Gasteiger partial charge in [0.25, 0.3) is 0 Å². The highest BCUT2D eigenvalue weighted by Gasteiger charge is 2.21. The molecule has 0 amide bonds. The fraction of sp³-hybridized carbons (Fsp3) is 0.294. The summed E-state index contributed by atoms with van der Waals surface area (Å²) in [6.07, 6.45) is 0. The summed E-state index contributed by atoms with van der Waals surface area (Å²) < 4.78 is 6.91. The van der Waals surface area contributed by atoms with Gasteiger partial charge in [0.15, 0.2) is 0 Å². The third-order valence-electron chi connectivity index (χ3n) is 3.75. The fourth-order valence-electron chi connectivity index (χ4n) is 2.61. The molecule has 0 aromatic heterocycles. The zero-order valence-corrected chi connectivity index (χ0v) is 13.6. The molecule has 1 unspecified atom stereocenters. The molecule has 2 aromatic carbocycles. The predicted octanol–water partition coefficient (Wildman–Crippen LogP) is 4.15. The average Bonchev–Trinajstić information content (AvgIpc) is 2.51. The summed E-state index contributed by atoms with van der Waals surface area (Å²) in [4.78, 5) is 2.41. The molecular formula is C17H19BrN2O. The number of para-hydroxylation sites is 2. The molecule has 110 valence electrons. The first-order valence-electron chi connectivity index (χ1n) is 7.22. The maximum atomic E-state index is 5.84. The topological polar surface area (TPSA) is 24.5 Å². The van der Waals surface area contributed by atoms with Crippen LogP contribution in [0.3, 0.4) is 0 Å². The normalized spacial score (nSPS) is 17.0. The van der Waals surface area contributed by atoms with Crippen LogP contribution in [0.2, 0.25) is 0 Å². The lowest BCUT2D eigenvalue weighted by Gasteiger charge is -2.37. The number of benzene rings is 2. The van der Waals surface area contributed by atoms with Crippen molar-refractivity contribution >= 4 is 27.3 Å². The molecule has 2 aromatic rings. The van der Waals surface area contributed by atoms with Gasteiger partial charge < -0.3 is 15.0 Å². The van der Waals surface area contributed by atoms with Gasteiger partial charge in [0.05, 0.1) is 17.9 Å². The van der Waals surface area contributed by atoms with Crippen LogP contribution in [0, 0.1) is 0 Å². The first-order chi connectivity index (χ1) is 10.2. The number of nitrogens with one attached hydrogen (secondary N) is 1. The van der Waals surface area contributed by atoms with Crippen molar-refractivity contribution in [2.75, 3.05) is 29.9 Å². The molecule has 4 heteroatoms. The van der Waals surface area contributed by atoms with Crippen LogP contribution >= 0.6 is 15.9 Å². The van der Waals surface area contributed by atoms with E-state index in [9.17, 15) is 0 Å². The maximum Gasteiger partial charge on any atom is 0.119 e. The van der Waals surface area contributed by atoms with Gasteiger partial charge in [-0.2, -0.15) is 0 Å². The van der Waals surface area contributed by atoms with E-state index in [0.29, 0.717) is 12.6 Å². The Balaban J connectivity index is 1.63. The number of halogens is 1. The van der Waals surface area contributed by atoms with Crippen LogP contribution in [-0.4, -0.2) is 25.7 Å². The third-order valence-corrected chi connectivity index (χ3v) is 4.28.